The van der Waals surface area contributed by atoms with Gasteiger partial charge in [-0.05, 0) is 49.6 Å². The lowest BCUT2D eigenvalue weighted by Gasteiger charge is -2.23. The van der Waals surface area contributed by atoms with Crippen LogP contribution in [0.15, 0.2) is 48.5 Å². The van der Waals surface area contributed by atoms with Crippen molar-refractivity contribution in [2.45, 2.75) is 38.3 Å². The minimum absolute atomic E-state index is 0.176. The van der Waals surface area contributed by atoms with Crippen LogP contribution in [-0.4, -0.2) is 52.6 Å². The summed E-state index contributed by atoms with van der Waals surface area (Å²) in [6, 6.07) is 13.9. The van der Waals surface area contributed by atoms with Gasteiger partial charge in [-0.15, -0.1) is 0 Å². The fourth-order valence-corrected chi connectivity index (χ4v) is 4.39. The summed E-state index contributed by atoms with van der Waals surface area (Å²) in [4.78, 5) is 52.3. The summed E-state index contributed by atoms with van der Waals surface area (Å²) in [7, 11) is 0. The molecule has 0 bridgehead atoms. The van der Waals surface area contributed by atoms with Gasteiger partial charge >= 0.3 is 0 Å². The van der Waals surface area contributed by atoms with Gasteiger partial charge in [0.2, 0.25) is 11.8 Å². The van der Waals surface area contributed by atoms with Gasteiger partial charge in [0, 0.05) is 25.2 Å². The summed E-state index contributed by atoms with van der Waals surface area (Å²) in [6.45, 7) is 1.50. The van der Waals surface area contributed by atoms with Gasteiger partial charge in [0.25, 0.3) is 11.8 Å². The minimum atomic E-state index is -0.322. The molecule has 32 heavy (non-hydrogen) atoms. The molecule has 2 aliphatic heterocycles. The number of likely N-dealkylation sites (tertiary alicyclic amines) is 1. The van der Waals surface area contributed by atoms with Gasteiger partial charge < -0.3 is 11.1 Å². The van der Waals surface area contributed by atoms with E-state index in [1.165, 1.54) is 4.90 Å². The standard InChI is InChI=1S/C24H26N4O4/c25-22(30)20-11-5-13-27(20)15-16-7-1-4-10-19(16)26-21(29)12-6-14-28-23(31)17-8-2-3-9-18(17)24(28)32/h1-4,7-10,20H,5-6,11-15H2,(H2,25,30)(H,26,29). The molecular weight excluding hydrogens is 408 g/mol. The number of benzene rings is 2. The Labute approximate surface area is 186 Å². The number of nitrogens with two attached hydrogens (primary N) is 1. The molecule has 4 rings (SSSR count). The summed E-state index contributed by atoms with van der Waals surface area (Å²) >= 11 is 0. The molecule has 8 nitrogen and oxygen atoms in total. The molecule has 0 spiro atoms. The van der Waals surface area contributed by atoms with Gasteiger partial charge in [-0.2, -0.15) is 0 Å². The Hall–Kier alpha value is -3.52. The monoisotopic (exact) mass is 434 g/mol. The van der Waals surface area contributed by atoms with Crippen LogP contribution in [0.25, 0.3) is 0 Å². The van der Waals surface area contributed by atoms with E-state index in [0.717, 1.165) is 24.9 Å². The average Bonchev–Trinajstić information content (AvgIpc) is 3.34. The fraction of sp³-hybridized carbons (Fsp3) is 0.333. The zero-order valence-corrected chi connectivity index (χ0v) is 17.8. The third-order valence-electron chi connectivity index (χ3n) is 6.02. The quantitative estimate of drug-likeness (QED) is 0.618. The molecule has 1 unspecified atom stereocenters. The molecule has 166 valence electrons. The molecule has 0 aliphatic carbocycles. The number of primary amides is 1. The van der Waals surface area contributed by atoms with E-state index in [9.17, 15) is 19.2 Å². The highest BCUT2D eigenvalue weighted by Gasteiger charge is 2.34. The molecule has 0 radical (unpaired) electrons. The summed E-state index contributed by atoms with van der Waals surface area (Å²) in [5.41, 5.74) is 7.93. The Morgan fingerprint density at radius 3 is 2.34 bits per heavy atom. The van der Waals surface area contributed by atoms with E-state index in [-0.39, 0.29) is 42.6 Å². The Bertz CT molecular complexity index is 1030. The molecule has 4 amide bonds. The molecule has 2 aromatic carbocycles. The molecule has 1 fully saturated rings. The van der Waals surface area contributed by atoms with Crippen molar-refractivity contribution < 1.29 is 19.2 Å². The van der Waals surface area contributed by atoms with E-state index in [0.29, 0.717) is 29.8 Å². The molecule has 8 heteroatoms. The number of nitrogens with one attached hydrogen (secondary N) is 1. The van der Waals surface area contributed by atoms with Crippen LogP contribution >= 0.6 is 0 Å². The van der Waals surface area contributed by atoms with Crippen LogP contribution in [0, 0.1) is 0 Å². The first-order valence-electron chi connectivity index (χ1n) is 10.8. The maximum Gasteiger partial charge on any atom is 0.261 e. The molecule has 0 aromatic heterocycles. The normalized spacial score (nSPS) is 18.1. The number of hydrogen-bond donors (Lipinski definition) is 2. The number of imide groups is 1. The minimum Gasteiger partial charge on any atom is -0.368 e. The second kappa shape index (κ2) is 9.32. The Morgan fingerprint density at radius 2 is 1.66 bits per heavy atom. The first-order chi connectivity index (χ1) is 15.5. The molecule has 2 aliphatic rings. The van der Waals surface area contributed by atoms with E-state index in [1.807, 2.05) is 29.2 Å². The zero-order valence-electron chi connectivity index (χ0n) is 17.8. The summed E-state index contributed by atoms with van der Waals surface area (Å²) in [5, 5.41) is 2.92. The van der Waals surface area contributed by atoms with Crippen molar-refractivity contribution in [3.8, 4) is 0 Å². The number of para-hydroxylation sites is 1. The van der Waals surface area contributed by atoms with Crippen LogP contribution in [0.4, 0.5) is 5.69 Å². The largest absolute Gasteiger partial charge is 0.368 e. The Morgan fingerprint density at radius 1 is 1.00 bits per heavy atom. The van der Waals surface area contributed by atoms with Crippen molar-refractivity contribution in [2.75, 3.05) is 18.4 Å². The van der Waals surface area contributed by atoms with Crippen molar-refractivity contribution in [3.63, 3.8) is 0 Å². The molecule has 2 heterocycles. The molecule has 0 saturated carbocycles. The number of fused-ring (bicyclic) bond motifs is 1. The topological polar surface area (TPSA) is 113 Å². The van der Waals surface area contributed by atoms with E-state index in [4.69, 9.17) is 5.73 Å². The van der Waals surface area contributed by atoms with Gasteiger partial charge in [0.05, 0.1) is 17.2 Å². The number of nitrogens with zero attached hydrogens (tertiary/aromatic N) is 2. The highest BCUT2D eigenvalue weighted by molar-refractivity contribution is 6.21. The molecule has 2 aromatic rings. The van der Waals surface area contributed by atoms with Crippen LogP contribution in [0.3, 0.4) is 0 Å². The van der Waals surface area contributed by atoms with E-state index in [1.54, 1.807) is 24.3 Å². The van der Waals surface area contributed by atoms with Gasteiger partial charge in [0.1, 0.15) is 0 Å². The zero-order chi connectivity index (χ0) is 22.7. The molecule has 3 N–H and O–H groups in total. The van der Waals surface area contributed by atoms with Gasteiger partial charge in [-0.25, -0.2) is 0 Å². The number of amides is 4. The van der Waals surface area contributed by atoms with Gasteiger partial charge in [-0.1, -0.05) is 30.3 Å². The van der Waals surface area contributed by atoms with Crippen molar-refractivity contribution in [3.05, 3.63) is 65.2 Å². The number of hydrogen-bond acceptors (Lipinski definition) is 5. The number of carbonyl (C=O) groups excluding carboxylic acids is 4. The van der Waals surface area contributed by atoms with Crippen LogP contribution in [0.2, 0.25) is 0 Å². The number of carbonyl (C=O) groups is 4. The van der Waals surface area contributed by atoms with Crippen LogP contribution in [0.5, 0.6) is 0 Å². The number of anilines is 1. The fourth-order valence-electron chi connectivity index (χ4n) is 4.39. The van der Waals surface area contributed by atoms with Crippen molar-refractivity contribution in [2.24, 2.45) is 5.73 Å². The van der Waals surface area contributed by atoms with E-state index >= 15 is 0 Å². The highest BCUT2D eigenvalue weighted by atomic mass is 16.2. The Kier molecular flexibility index (Phi) is 6.32. The third-order valence-corrected chi connectivity index (χ3v) is 6.02. The average molecular weight is 434 g/mol. The molecule has 1 atom stereocenters. The lowest BCUT2D eigenvalue weighted by atomic mass is 10.1. The van der Waals surface area contributed by atoms with Crippen molar-refractivity contribution >= 4 is 29.3 Å². The van der Waals surface area contributed by atoms with Crippen molar-refractivity contribution in [1.29, 1.82) is 0 Å². The van der Waals surface area contributed by atoms with Crippen LogP contribution in [0.1, 0.15) is 52.0 Å². The van der Waals surface area contributed by atoms with E-state index in [2.05, 4.69) is 5.32 Å². The highest BCUT2D eigenvalue weighted by Crippen LogP contribution is 2.25. The van der Waals surface area contributed by atoms with Gasteiger partial charge in [0.15, 0.2) is 0 Å². The summed E-state index contributed by atoms with van der Waals surface area (Å²) in [5.74, 6) is -1.14. The predicted octanol–water partition coefficient (Wildman–Crippen LogP) is 2.15. The third kappa shape index (κ3) is 4.40. The maximum atomic E-state index is 12.5. The SMILES string of the molecule is NC(=O)C1CCCN1Cc1ccccc1NC(=O)CCCN1C(=O)c2ccccc2C1=O. The Balaban J connectivity index is 1.32. The van der Waals surface area contributed by atoms with Crippen molar-refractivity contribution in [1.82, 2.24) is 9.80 Å². The second-order valence-electron chi connectivity index (χ2n) is 8.15. The molecular formula is C24H26N4O4. The number of rotatable bonds is 8. The first kappa shape index (κ1) is 21.7. The smallest absolute Gasteiger partial charge is 0.261 e. The lowest BCUT2D eigenvalue weighted by molar-refractivity contribution is -0.122. The summed E-state index contributed by atoms with van der Waals surface area (Å²) in [6.07, 6.45) is 2.21. The maximum absolute atomic E-state index is 12.5. The second-order valence-corrected chi connectivity index (χ2v) is 8.15. The lowest BCUT2D eigenvalue weighted by Crippen LogP contribution is -2.39. The first-order valence-corrected chi connectivity index (χ1v) is 10.8. The summed E-state index contributed by atoms with van der Waals surface area (Å²) < 4.78 is 0. The van der Waals surface area contributed by atoms with E-state index < -0.39 is 0 Å². The van der Waals surface area contributed by atoms with Gasteiger partial charge in [-0.3, -0.25) is 29.0 Å². The van der Waals surface area contributed by atoms with Crippen LogP contribution < -0.4 is 11.1 Å². The molecule has 1 saturated heterocycles. The predicted molar refractivity (Wildman–Crippen MR) is 119 cm³/mol. The van der Waals surface area contributed by atoms with Crippen LogP contribution in [-0.2, 0) is 16.1 Å².